The topological polar surface area (TPSA) is 26.3 Å². The molecule has 5 rings (SSSR count). The van der Waals surface area contributed by atoms with Crippen LogP contribution < -0.4 is 4.74 Å². The molecule has 4 heteroatoms. The lowest BCUT2D eigenvalue weighted by atomic mass is 9.48. The number of thioether (sulfide) groups is 1. The van der Waals surface area contributed by atoms with Gasteiger partial charge in [0, 0.05) is 15.7 Å². The van der Waals surface area contributed by atoms with Crippen molar-refractivity contribution in [2.45, 2.75) is 64.2 Å². The molecule has 3 saturated carbocycles. The van der Waals surface area contributed by atoms with E-state index in [0.29, 0.717) is 34.5 Å². The van der Waals surface area contributed by atoms with Crippen LogP contribution in [0.3, 0.4) is 0 Å². The molecule has 3 fully saturated rings. The van der Waals surface area contributed by atoms with E-state index in [1.54, 1.807) is 11.8 Å². The molecule has 0 radical (unpaired) electrons. The van der Waals surface area contributed by atoms with Crippen molar-refractivity contribution in [1.82, 2.24) is 0 Å². The predicted octanol–water partition coefficient (Wildman–Crippen LogP) is 6.77. The quantitative estimate of drug-likeness (QED) is 0.517. The van der Waals surface area contributed by atoms with Gasteiger partial charge < -0.3 is 4.74 Å². The Morgan fingerprint density at radius 2 is 1.90 bits per heavy atom. The van der Waals surface area contributed by atoms with Gasteiger partial charge in [0.25, 0.3) is 0 Å². The minimum atomic E-state index is 0.159. The summed E-state index contributed by atoms with van der Waals surface area (Å²) in [5, 5.41) is 1.45. The molecule has 0 bridgehead atoms. The minimum absolute atomic E-state index is 0.159. The van der Waals surface area contributed by atoms with Crippen molar-refractivity contribution >= 4 is 28.5 Å². The number of hydrogen-bond donors (Lipinski definition) is 0. The van der Waals surface area contributed by atoms with Crippen molar-refractivity contribution in [2.24, 2.45) is 34.5 Å². The molecule has 0 spiro atoms. The summed E-state index contributed by atoms with van der Waals surface area (Å²) in [4.78, 5) is 12.0. The Morgan fingerprint density at radius 1 is 1.14 bits per heavy atom. The fraction of sp³-hybridized carbons (Fsp3) is 0.640. The summed E-state index contributed by atoms with van der Waals surface area (Å²) in [5.74, 6) is 3.73. The standard InChI is InChI=1S/C25H31ClO2S/c1-15-12-21-25(3,11-9-22(27)29-21)19-8-10-24(2)14-18(13-20(24)23(15)19)28-17-6-4-16(26)5-7-17/h4-7,9,11,15,18-21,23H,8,10,12-14H2,1-3H3/t15?,18?,19-,20+,21?,23-,24-,25-/m1/s1. The maximum atomic E-state index is 12.0. The van der Waals surface area contributed by atoms with Gasteiger partial charge in [-0.25, -0.2) is 0 Å². The van der Waals surface area contributed by atoms with Crippen LogP contribution in [0.5, 0.6) is 5.75 Å². The first-order valence-electron chi connectivity index (χ1n) is 11.1. The third-order valence-electron chi connectivity index (χ3n) is 8.75. The lowest BCUT2D eigenvalue weighted by molar-refractivity contribution is -0.108. The van der Waals surface area contributed by atoms with E-state index < -0.39 is 0 Å². The molecule has 1 heterocycles. The number of fused-ring (bicyclic) bond motifs is 5. The Kier molecular flexibility index (Phi) is 4.86. The molecule has 1 aromatic rings. The van der Waals surface area contributed by atoms with E-state index in [-0.39, 0.29) is 10.5 Å². The van der Waals surface area contributed by atoms with Gasteiger partial charge in [-0.1, -0.05) is 50.2 Å². The Bertz CT molecular complexity index is 836. The largest absolute Gasteiger partial charge is 0.490 e. The van der Waals surface area contributed by atoms with Crippen LogP contribution in [-0.2, 0) is 4.79 Å². The van der Waals surface area contributed by atoms with E-state index in [1.165, 1.54) is 12.8 Å². The molecular weight excluding hydrogens is 400 g/mol. The lowest BCUT2D eigenvalue weighted by Gasteiger charge is -2.59. The summed E-state index contributed by atoms with van der Waals surface area (Å²) in [5.41, 5.74) is 0.531. The fourth-order valence-corrected chi connectivity index (χ4v) is 8.78. The number of hydrogen-bond acceptors (Lipinski definition) is 3. The number of carbonyl (C=O) groups is 1. The number of allylic oxidation sites excluding steroid dienone is 1. The highest BCUT2D eigenvalue weighted by Crippen LogP contribution is 2.66. The molecule has 29 heavy (non-hydrogen) atoms. The van der Waals surface area contributed by atoms with Gasteiger partial charge in [-0.2, -0.15) is 0 Å². The molecule has 156 valence electrons. The van der Waals surface area contributed by atoms with Crippen LogP contribution in [-0.4, -0.2) is 16.5 Å². The second-order valence-corrected chi connectivity index (χ2v) is 12.1. The van der Waals surface area contributed by atoms with Crippen molar-refractivity contribution < 1.29 is 9.53 Å². The maximum absolute atomic E-state index is 12.0. The average molecular weight is 431 g/mol. The zero-order chi connectivity index (χ0) is 20.4. The fourth-order valence-electron chi connectivity index (χ4n) is 7.32. The first-order chi connectivity index (χ1) is 13.8. The molecule has 3 unspecified atom stereocenters. The van der Waals surface area contributed by atoms with E-state index in [2.05, 4.69) is 26.8 Å². The van der Waals surface area contributed by atoms with E-state index >= 15 is 0 Å². The Balaban J connectivity index is 1.40. The Morgan fingerprint density at radius 3 is 2.66 bits per heavy atom. The lowest BCUT2D eigenvalue weighted by Crippen LogP contribution is -2.55. The van der Waals surface area contributed by atoms with Crippen LogP contribution in [0, 0.1) is 34.5 Å². The van der Waals surface area contributed by atoms with Crippen LogP contribution >= 0.6 is 23.4 Å². The highest BCUT2D eigenvalue weighted by atomic mass is 35.5. The van der Waals surface area contributed by atoms with Crippen molar-refractivity contribution in [3.05, 3.63) is 41.4 Å². The molecule has 8 atom stereocenters. The van der Waals surface area contributed by atoms with Crippen LogP contribution in [0.25, 0.3) is 0 Å². The van der Waals surface area contributed by atoms with Crippen LogP contribution in [0.2, 0.25) is 5.02 Å². The Hall–Kier alpha value is -0.930. The van der Waals surface area contributed by atoms with Crippen LogP contribution in [0.4, 0.5) is 0 Å². The summed E-state index contributed by atoms with van der Waals surface area (Å²) < 4.78 is 6.43. The maximum Gasteiger partial charge on any atom is 0.212 e. The van der Waals surface area contributed by atoms with Crippen molar-refractivity contribution in [1.29, 1.82) is 0 Å². The Labute approximate surface area is 183 Å². The first kappa shape index (κ1) is 20.0. The molecule has 0 aromatic heterocycles. The van der Waals surface area contributed by atoms with Gasteiger partial charge in [0.15, 0.2) is 0 Å². The van der Waals surface area contributed by atoms with Gasteiger partial charge in [0.1, 0.15) is 5.75 Å². The number of carbonyl (C=O) groups excluding carboxylic acids is 1. The van der Waals surface area contributed by atoms with E-state index in [4.69, 9.17) is 16.3 Å². The van der Waals surface area contributed by atoms with Crippen LogP contribution in [0.15, 0.2) is 36.4 Å². The molecule has 0 saturated heterocycles. The van der Waals surface area contributed by atoms with Crippen LogP contribution in [0.1, 0.15) is 52.9 Å². The van der Waals surface area contributed by atoms with E-state index in [9.17, 15) is 4.79 Å². The molecular formula is C25H31ClO2S. The molecule has 1 aliphatic heterocycles. The molecule has 0 N–H and O–H groups in total. The van der Waals surface area contributed by atoms with Gasteiger partial charge in [-0.05, 0) is 91.5 Å². The molecule has 0 amide bonds. The van der Waals surface area contributed by atoms with E-state index in [0.717, 1.165) is 36.0 Å². The van der Waals surface area contributed by atoms with Gasteiger partial charge >= 0.3 is 0 Å². The number of rotatable bonds is 2. The van der Waals surface area contributed by atoms with Gasteiger partial charge in [-0.3, -0.25) is 4.79 Å². The average Bonchev–Trinajstić information content (AvgIpc) is 3.01. The number of benzene rings is 1. The van der Waals surface area contributed by atoms with Gasteiger partial charge in [0.05, 0.1) is 6.10 Å². The number of ether oxygens (including phenoxy) is 1. The smallest absolute Gasteiger partial charge is 0.212 e. The summed E-state index contributed by atoms with van der Waals surface area (Å²) in [6.07, 6.45) is 10.4. The van der Waals surface area contributed by atoms with Crippen molar-refractivity contribution in [3.8, 4) is 5.75 Å². The van der Waals surface area contributed by atoms with Crippen molar-refractivity contribution in [3.63, 3.8) is 0 Å². The predicted molar refractivity (Wildman–Crippen MR) is 120 cm³/mol. The summed E-state index contributed by atoms with van der Waals surface area (Å²) >= 11 is 7.63. The SMILES string of the molecule is CC1CC2SC(=O)C=C[C@]2(C)[C@@H]2CC[C@]3(C)CC(Oc4ccc(Cl)cc4)C[C@H]3[C@H]12. The molecule has 2 nitrogen and oxygen atoms in total. The summed E-state index contributed by atoms with van der Waals surface area (Å²) in [6, 6.07) is 7.81. The molecule has 4 aliphatic rings. The molecule has 3 aliphatic carbocycles. The minimum Gasteiger partial charge on any atom is -0.490 e. The van der Waals surface area contributed by atoms with E-state index in [1.807, 2.05) is 30.3 Å². The zero-order valence-corrected chi connectivity index (χ0v) is 19.1. The van der Waals surface area contributed by atoms with Crippen molar-refractivity contribution in [2.75, 3.05) is 0 Å². The summed E-state index contributed by atoms with van der Waals surface area (Å²) in [7, 11) is 0. The number of halogens is 1. The van der Waals surface area contributed by atoms with Gasteiger partial charge in [0.2, 0.25) is 5.12 Å². The third kappa shape index (κ3) is 3.28. The normalized spacial score (nSPS) is 46.0. The molecule has 1 aromatic carbocycles. The summed E-state index contributed by atoms with van der Waals surface area (Å²) in [6.45, 7) is 7.38. The third-order valence-corrected chi connectivity index (χ3v) is 10.4. The second-order valence-electron chi connectivity index (χ2n) is 10.5. The van der Waals surface area contributed by atoms with Gasteiger partial charge in [-0.15, -0.1) is 0 Å². The monoisotopic (exact) mass is 430 g/mol. The second kappa shape index (κ2) is 7.05. The zero-order valence-electron chi connectivity index (χ0n) is 17.6. The highest BCUT2D eigenvalue weighted by molar-refractivity contribution is 8.14. The highest BCUT2D eigenvalue weighted by Gasteiger charge is 2.61. The first-order valence-corrected chi connectivity index (χ1v) is 12.4.